The second kappa shape index (κ2) is 7.55. The van der Waals surface area contributed by atoms with Crippen molar-refractivity contribution in [3.8, 4) is 0 Å². The first-order valence-corrected chi connectivity index (χ1v) is 11.1. The van der Waals surface area contributed by atoms with E-state index < -0.39 is 0 Å². The maximum absolute atomic E-state index is 13.0. The van der Waals surface area contributed by atoms with Gasteiger partial charge in [0.05, 0.1) is 25.2 Å². The number of furan rings is 1. The molecule has 0 bridgehead atoms. The maximum atomic E-state index is 13.0. The highest BCUT2D eigenvalue weighted by molar-refractivity contribution is 7.17. The molecule has 0 atom stereocenters. The molecule has 0 radical (unpaired) electrons. The molecule has 5 rings (SSSR count). The van der Waals surface area contributed by atoms with E-state index >= 15 is 0 Å². The van der Waals surface area contributed by atoms with E-state index in [1.807, 2.05) is 6.07 Å². The molecule has 1 N–H and O–H groups in total. The van der Waals surface area contributed by atoms with Gasteiger partial charge in [0.15, 0.2) is 5.76 Å². The first-order chi connectivity index (χ1) is 14.5. The van der Waals surface area contributed by atoms with Crippen LogP contribution in [0.1, 0.15) is 50.0 Å². The molecule has 9 heteroatoms. The zero-order valence-electron chi connectivity index (χ0n) is 16.9. The molecule has 0 unspecified atom stereocenters. The van der Waals surface area contributed by atoms with E-state index in [1.54, 1.807) is 18.0 Å². The van der Waals surface area contributed by atoms with Gasteiger partial charge in [-0.25, -0.2) is 0 Å². The summed E-state index contributed by atoms with van der Waals surface area (Å²) in [5.74, 6) is 0.701. The van der Waals surface area contributed by atoms with Crippen LogP contribution in [0.3, 0.4) is 0 Å². The van der Waals surface area contributed by atoms with E-state index in [9.17, 15) is 14.4 Å². The van der Waals surface area contributed by atoms with Gasteiger partial charge < -0.3 is 19.5 Å². The number of amides is 3. The van der Waals surface area contributed by atoms with Crippen molar-refractivity contribution in [1.82, 2.24) is 14.7 Å². The lowest BCUT2D eigenvalue weighted by Gasteiger charge is -2.27. The molecule has 2 aromatic rings. The summed E-state index contributed by atoms with van der Waals surface area (Å²) >= 11 is 1.39. The minimum absolute atomic E-state index is 0.0534. The minimum Gasteiger partial charge on any atom is -0.455 e. The molecular weight excluding hydrogens is 404 g/mol. The van der Waals surface area contributed by atoms with Crippen LogP contribution < -0.4 is 5.32 Å². The Morgan fingerprint density at radius 1 is 1.17 bits per heavy atom. The van der Waals surface area contributed by atoms with Crippen molar-refractivity contribution in [2.24, 2.45) is 0 Å². The predicted molar refractivity (Wildman–Crippen MR) is 112 cm³/mol. The third kappa shape index (κ3) is 3.41. The van der Waals surface area contributed by atoms with Crippen LogP contribution in [-0.2, 0) is 24.3 Å². The normalized spacial score (nSPS) is 19.5. The maximum Gasteiger partial charge on any atom is 0.289 e. The van der Waals surface area contributed by atoms with Crippen molar-refractivity contribution in [2.45, 2.75) is 32.4 Å². The van der Waals surface area contributed by atoms with E-state index in [4.69, 9.17) is 4.42 Å². The van der Waals surface area contributed by atoms with Crippen LogP contribution in [0.5, 0.6) is 0 Å². The highest BCUT2D eigenvalue weighted by Gasteiger charge is 2.34. The zero-order valence-corrected chi connectivity index (χ0v) is 17.7. The van der Waals surface area contributed by atoms with Crippen molar-refractivity contribution >= 4 is 34.1 Å². The number of nitrogens with zero attached hydrogens (tertiary/aromatic N) is 3. The molecule has 158 valence electrons. The molecule has 1 fully saturated rings. The molecular formula is C21H24N4O4S. The van der Waals surface area contributed by atoms with E-state index in [0.29, 0.717) is 35.8 Å². The van der Waals surface area contributed by atoms with Gasteiger partial charge in [0.25, 0.3) is 11.8 Å². The molecule has 0 aromatic carbocycles. The molecule has 30 heavy (non-hydrogen) atoms. The fourth-order valence-corrected chi connectivity index (χ4v) is 5.70. The summed E-state index contributed by atoms with van der Waals surface area (Å²) in [6.07, 6.45) is 3.02. The van der Waals surface area contributed by atoms with Crippen LogP contribution in [0, 0.1) is 0 Å². The molecule has 3 amide bonds. The number of likely N-dealkylation sites (tertiary alicyclic amines) is 1. The SMILES string of the molecule is CN1CC(=O)Nc2sc3c(c2C1=O)CCN(C(=O)c1ccc(CN2CCCC2)o1)C3. The number of fused-ring (bicyclic) bond motifs is 3. The largest absolute Gasteiger partial charge is 0.455 e. The Morgan fingerprint density at radius 3 is 2.77 bits per heavy atom. The summed E-state index contributed by atoms with van der Waals surface area (Å²) in [6.45, 7) is 3.88. The summed E-state index contributed by atoms with van der Waals surface area (Å²) in [4.78, 5) is 44.2. The predicted octanol–water partition coefficient (Wildman–Crippen LogP) is 2.16. The lowest BCUT2D eigenvalue weighted by atomic mass is 10.0. The van der Waals surface area contributed by atoms with E-state index in [1.165, 1.54) is 29.1 Å². The van der Waals surface area contributed by atoms with Crippen molar-refractivity contribution in [3.63, 3.8) is 0 Å². The molecule has 5 heterocycles. The molecule has 1 saturated heterocycles. The summed E-state index contributed by atoms with van der Waals surface area (Å²) in [6, 6.07) is 3.64. The molecule has 8 nitrogen and oxygen atoms in total. The number of hydrogen-bond acceptors (Lipinski definition) is 6. The minimum atomic E-state index is -0.197. The molecule has 0 aliphatic carbocycles. The number of anilines is 1. The fraction of sp³-hybridized carbons (Fsp3) is 0.476. The Bertz CT molecular complexity index is 1020. The van der Waals surface area contributed by atoms with Crippen molar-refractivity contribution in [2.75, 3.05) is 38.5 Å². The van der Waals surface area contributed by atoms with Gasteiger partial charge in [-0.15, -0.1) is 11.3 Å². The molecule has 0 spiro atoms. The summed E-state index contributed by atoms with van der Waals surface area (Å²) in [5, 5.41) is 3.44. The van der Waals surface area contributed by atoms with Crippen LogP contribution in [0.4, 0.5) is 5.00 Å². The van der Waals surface area contributed by atoms with Gasteiger partial charge in [0.1, 0.15) is 10.8 Å². The number of hydrogen-bond donors (Lipinski definition) is 1. The van der Waals surface area contributed by atoms with Crippen LogP contribution >= 0.6 is 11.3 Å². The first-order valence-electron chi connectivity index (χ1n) is 10.3. The quantitative estimate of drug-likeness (QED) is 0.810. The van der Waals surface area contributed by atoms with Gasteiger partial charge in [-0.1, -0.05) is 0 Å². The average molecular weight is 429 g/mol. The van der Waals surface area contributed by atoms with Gasteiger partial charge in [0.2, 0.25) is 5.91 Å². The van der Waals surface area contributed by atoms with Crippen molar-refractivity contribution < 1.29 is 18.8 Å². The third-order valence-electron chi connectivity index (χ3n) is 5.99. The number of likely N-dealkylation sites (N-methyl/N-ethyl adjacent to an activating group) is 1. The summed E-state index contributed by atoms with van der Waals surface area (Å²) in [7, 11) is 1.64. The highest BCUT2D eigenvalue weighted by Crippen LogP contribution is 2.39. The Kier molecular flexibility index (Phi) is 4.86. The van der Waals surface area contributed by atoms with Gasteiger partial charge in [-0.3, -0.25) is 19.3 Å². The van der Waals surface area contributed by atoms with E-state index in [-0.39, 0.29) is 24.3 Å². The lowest BCUT2D eigenvalue weighted by Crippen LogP contribution is -2.36. The number of carbonyl (C=O) groups is 3. The molecule has 2 aromatic heterocycles. The summed E-state index contributed by atoms with van der Waals surface area (Å²) in [5.41, 5.74) is 1.54. The Hall–Kier alpha value is -2.65. The number of thiophene rings is 1. The van der Waals surface area contributed by atoms with E-state index in [2.05, 4.69) is 10.2 Å². The first kappa shape index (κ1) is 19.3. The number of rotatable bonds is 3. The molecule has 3 aliphatic rings. The van der Waals surface area contributed by atoms with E-state index in [0.717, 1.165) is 35.8 Å². The van der Waals surface area contributed by atoms with Gasteiger partial charge in [-0.2, -0.15) is 0 Å². The topological polar surface area (TPSA) is 86.1 Å². The monoisotopic (exact) mass is 428 g/mol. The lowest BCUT2D eigenvalue weighted by molar-refractivity contribution is -0.116. The number of carbonyl (C=O) groups excluding carboxylic acids is 3. The average Bonchev–Trinajstić information content (AvgIpc) is 3.45. The van der Waals surface area contributed by atoms with Crippen LogP contribution in [0.2, 0.25) is 0 Å². The molecule has 0 saturated carbocycles. The summed E-state index contributed by atoms with van der Waals surface area (Å²) < 4.78 is 5.84. The Labute approximate surface area is 178 Å². The highest BCUT2D eigenvalue weighted by atomic mass is 32.1. The molecule has 3 aliphatic heterocycles. The van der Waals surface area contributed by atoms with Crippen LogP contribution in [0.25, 0.3) is 0 Å². The number of nitrogens with one attached hydrogen (secondary N) is 1. The second-order valence-electron chi connectivity index (χ2n) is 8.14. The van der Waals surface area contributed by atoms with Crippen LogP contribution in [-0.4, -0.2) is 65.6 Å². The van der Waals surface area contributed by atoms with Gasteiger partial charge in [-0.05, 0) is 50.0 Å². The smallest absolute Gasteiger partial charge is 0.289 e. The Morgan fingerprint density at radius 2 is 1.97 bits per heavy atom. The Balaban J connectivity index is 1.33. The zero-order chi connectivity index (χ0) is 20.8. The third-order valence-corrected chi connectivity index (χ3v) is 7.12. The van der Waals surface area contributed by atoms with Crippen molar-refractivity contribution in [3.05, 3.63) is 39.7 Å². The van der Waals surface area contributed by atoms with Crippen LogP contribution in [0.15, 0.2) is 16.5 Å². The van der Waals surface area contributed by atoms with Gasteiger partial charge in [0, 0.05) is 18.5 Å². The fourth-order valence-electron chi connectivity index (χ4n) is 4.43. The van der Waals surface area contributed by atoms with Crippen molar-refractivity contribution in [1.29, 1.82) is 0 Å². The van der Waals surface area contributed by atoms with Gasteiger partial charge >= 0.3 is 0 Å². The second-order valence-corrected chi connectivity index (χ2v) is 9.25. The standard InChI is InChI=1S/C21H24N4O4S/c1-23-12-17(26)22-19-18(21(23)28)14-6-9-25(11-16(14)30-19)20(27)15-5-4-13(29-15)10-24-7-2-3-8-24/h4-5H,2-3,6-12H2,1H3,(H,22,26).